The highest BCUT2D eigenvalue weighted by atomic mass is 19.4. The zero-order chi connectivity index (χ0) is 15.3. The molecular weight excluding hydrogens is 280 g/mol. The van der Waals surface area contributed by atoms with Gasteiger partial charge in [-0.1, -0.05) is 0 Å². The van der Waals surface area contributed by atoms with Gasteiger partial charge in [0.25, 0.3) is 0 Å². The Bertz CT molecular complexity index is 521. The van der Waals surface area contributed by atoms with E-state index in [-0.39, 0.29) is 17.9 Å². The summed E-state index contributed by atoms with van der Waals surface area (Å²) in [5.41, 5.74) is -1.14. The molecule has 1 aromatic rings. The van der Waals surface area contributed by atoms with E-state index in [9.17, 15) is 22.4 Å². The second-order valence-electron chi connectivity index (χ2n) is 3.83. The molecule has 0 unspecified atom stereocenters. The third kappa shape index (κ3) is 4.25. The van der Waals surface area contributed by atoms with Crippen LogP contribution in [0.15, 0.2) is 29.8 Å². The van der Waals surface area contributed by atoms with Crippen LogP contribution in [0.4, 0.5) is 17.6 Å². The van der Waals surface area contributed by atoms with Gasteiger partial charge in [0.1, 0.15) is 18.2 Å². The van der Waals surface area contributed by atoms with Crippen LogP contribution < -0.4 is 4.74 Å². The number of carbonyl (C=O) groups is 1. The number of hydrogen-bond donors (Lipinski definition) is 0. The van der Waals surface area contributed by atoms with E-state index in [0.717, 1.165) is 6.07 Å². The number of benzene rings is 1. The number of carbonyl (C=O) groups excluding carboxylic acids is 1. The number of esters is 1. The molecule has 0 heterocycles. The molecule has 0 spiro atoms. The Hall–Kier alpha value is -2.05. The highest BCUT2D eigenvalue weighted by molar-refractivity contribution is 5.87. The van der Waals surface area contributed by atoms with Gasteiger partial charge < -0.3 is 9.47 Å². The fraction of sp³-hybridized carbons (Fsp3) is 0.308. The fourth-order valence-corrected chi connectivity index (χ4v) is 1.32. The molecular formula is C13H12F4O3. The van der Waals surface area contributed by atoms with E-state index in [0.29, 0.717) is 12.1 Å². The van der Waals surface area contributed by atoms with Crippen LogP contribution in [0.5, 0.6) is 5.75 Å². The number of rotatable bonds is 4. The van der Waals surface area contributed by atoms with Crippen molar-refractivity contribution in [3.63, 3.8) is 0 Å². The second-order valence-corrected chi connectivity index (χ2v) is 3.83. The fourth-order valence-electron chi connectivity index (χ4n) is 1.32. The maximum atomic E-state index is 13.0. The monoisotopic (exact) mass is 292 g/mol. The van der Waals surface area contributed by atoms with Crippen molar-refractivity contribution in [2.45, 2.75) is 13.1 Å². The van der Waals surface area contributed by atoms with Crippen molar-refractivity contribution in [2.24, 2.45) is 0 Å². The Morgan fingerprint density at radius 3 is 2.55 bits per heavy atom. The smallest absolute Gasteiger partial charge is 0.419 e. The SMILES string of the molecule is COC(=O)/C(C)=C/COc1ccc(F)c(C(F)(F)F)c1. The molecule has 0 aliphatic heterocycles. The molecule has 0 aliphatic rings. The summed E-state index contributed by atoms with van der Waals surface area (Å²) >= 11 is 0. The van der Waals surface area contributed by atoms with E-state index in [4.69, 9.17) is 4.74 Å². The van der Waals surface area contributed by atoms with Crippen LogP contribution in [0.25, 0.3) is 0 Å². The summed E-state index contributed by atoms with van der Waals surface area (Å²) in [5.74, 6) is -2.08. The van der Waals surface area contributed by atoms with E-state index in [1.807, 2.05) is 0 Å². The van der Waals surface area contributed by atoms with Gasteiger partial charge in [-0.2, -0.15) is 13.2 Å². The predicted molar refractivity (Wildman–Crippen MR) is 62.7 cm³/mol. The molecule has 0 N–H and O–H groups in total. The first-order valence-electron chi connectivity index (χ1n) is 5.50. The first-order chi connectivity index (χ1) is 9.25. The lowest BCUT2D eigenvalue weighted by Crippen LogP contribution is -2.09. The Labute approximate surface area is 112 Å². The molecule has 0 bridgehead atoms. The molecule has 0 fully saturated rings. The Kier molecular flexibility index (Phi) is 5.12. The van der Waals surface area contributed by atoms with Crippen molar-refractivity contribution in [3.05, 3.63) is 41.2 Å². The van der Waals surface area contributed by atoms with Crippen molar-refractivity contribution < 1.29 is 31.8 Å². The molecule has 0 radical (unpaired) electrons. The van der Waals surface area contributed by atoms with Crippen molar-refractivity contribution >= 4 is 5.97 Å². The lowest BCUT2D eigenvalue weighted by molar-refractivity contribution is -0.140. The summed E-state index contributed by atoms with van der Waals surface area (Å²) in [6.07, 6.45) is -3.44. The summed E-state index contributed by atoms with van der Waals surface area (Å²) in [6.45, 7) is 1.34. The summed E-state index contributed by atoms with van der Waals surface area (Å²) < 4.78 is 59.8. The van der Waals surface area contributed by atoms with Gasteiger partial charge in [0.05, 0.1) is 12.7 Å². The molecule has 110 valence electrons. The minimum Gasteiger partial charge on any atom is -0.490 e. The standard InChI is InChI=1S/C13H12F4O3/c1-8(12(18)19-2)5-6-20-9-3-4-11(14)10(7-9)13(15,16)17/h3-5,7H,6H2,1-2H3/b8-5+. The van der Waals surface area contributed by atoms with Gasteiger partial charge in [0, 0.05) is 5.57 Å². The van der Waals surface area contributed by atoms with Gasteiger partial charge >= 0.3 is 12.1 Å². The Morgan fingerprint density at radius 1 is 1.35 bits per heavy atom. The molecule has 0 atom stereocenters. The van der Waals surface area contributed by atoms with E-state index in [2.05, 4.69) is 4.74 Å². The zero-order valence-corrected chi connectivity index (χ0v) is 10.8. The van der Waals surface area contributed by atoms with Crippen molar-refractivity contribution in [1.82, 2.24) is 0 Å². The summed E-state index contributed by atoms with van der Waals surface area (Å²) in [7, 11) is 1.20. The first-order valence-corrected chi connectivity index (χ1v) is 5.50. The normalized spacial score (nSPS) is 12.2. The largest absolute Gasteiger partial charge is 0.490 e. The maximum Gasteiger partial charge on any atom is 0.419 e. The highest BCUT2D eigenvalue weighted by Crippen LogP contribution is 2.33. The number of ether oxygens (including phenoxy) is 2. The molecule has 1 rings (SSSR count). The molecule has 0 saturated carbocycles. The lowest BCUT2D eigenvalue weighted by Gasteiger charge is -2.10. The molecule has 1 aromatic carbocycles. The molecule has 0 aromatic heterocycles. The summed E-state index contributed by atoms with van der Waals surface area (Å²) in [6, 6.07) is 2.32. The molecule has 0 amide bonds. The lowest BCUT2D eigenvalue weighted by atomic mass is 10.2. The average Bonchev–Trinajstić information content (AvgIpc) is 2.38. The number of methoxy groups -OCH3 is 1. The highest BCUT2D eigenvalue weighted by Gasteiger charge is 2.34. The van der Waals surface area contributed by atoms with E-state index in [1.165, 1.54) is 20.1 Å². The molecule has 0 aliphatic carbocycles. The van der Waals surface area contributed by atoms with Crippen molar-refractivity contribution in [1.29, 1.82) is 0 Å². The molecule has 20 heavy (non-hydrogen) atoms. The van der Waals surface area contributed by atoms with Gasteiger partial charge in [-0.05, 0) is 31.2 Å². The molecule has 0 saturated heterocycles. The van der Waals surface area contributed by atoms with Crippen LogP contribution in [0.3, 0.4) is 0 Å². The number of hydrogen-bond acceptors (Lipinski definition) is 3. The minimum absolute atomic E-state index is 0.135. The maximum absolute atomic E-state index is 13.0. The van der Waals surface area contributed by atoms with Crippen molar-refractivity contribution in [2.75, 3.05) is 13.7 Å². The number of halogens is 4. The minimum atomic E-state index is -4.79. The van der Waals surface area contributed by atoms with Crippen LogP contribution in [0.1, 0.15) is 12.5 Å². The van der Waals surface area contributed by atoms with Crippen LogP contribution in [0.2, 0.25) is 0 Å². The quantitative estimate of drug-likeness (QED) is 0.485. The Balaban J connectivity index is 2.78. The van der Waals surface area contributed by atoms with Gasteiger partial charge in [0.15, 0.2) is 0 Å². The van der Waals surface area contributed by atoms with Gasteiger partial charge in [-0.3, -0.25) is 0 Å². The number of alkyl halides is 3. The van der Waals surface area contributed by atoms with Gasteiger partial charge in [-0.15, -0.1) is 0 Å². The van der Waals surface area contributed by atoms with Crippen LogP contribution in [-0.4, -0.2) is 19.7 Å². The van der Waals surface area contributed by atoms with Crippen molar-refractivity contribution in [3.8, 4) is 5.75 Å². The predicted octanol–water partition coefficient (Wildman–Crippen LogP) is 3.34. The topological polar surface area (TPSA) is 35.5 Å². The third-order valence-corrected chi connectivity index (χ3v) is 2.39. The first kappa shape index (κ1) is 16.0. The second kappa shape index (κ2) is 6.40. The zero-order valence-electron chi connectivity index (χ0n) is 10.8. The molecule has 3 nitrogen and oxygen atoms in total. The van der Waals surface area contributed by atoms with Crippen LogP contribution in [0, 0.1) is 5.82 Å². The van der Waals surface area contributed by atoms with Crippen LogP contribution >= 0.6 is 0 Å². The summed E-state index contributed by atoms with van der Waals surface area (Å²) in [5, 5.41) is 0. The Morgan fingerprint density at radius 2 is 2.00 bits per heavy atom. The summed E-state index contributed by atoms with van der Waals surface area (Å²) in [4.78, 5) is 11.0. The van der Waals surface area contributed by atoms with E-state index < -0.39 is 23.5 Å². The molecule has 7 heteroatoms. The van der Waals surface area contributed by atoms with E-state index >= 15 is 0 Å². The van der Waals surface area contributed by atoms with Gasteiger partial charge in [0.2, 0.25) is 0 Å². The van der Waals surface area contributed by atoms with E-state index in [1.54, 1.807) is 0 Å². The average molecular weight is 292 g/mol. The third-order valence-electron chi connectivity index (χ3n) is 2.39. The van der Waals surface area contributed by atoms with Gasteiger partial charge in [-0.25, -0.2) is 9.18 Å². The van der Waals surface area contributed by atoms with Crippen LogP contribution in [-0.2, 0) is 15.7 Å².